The van der Waals surface area contributed by atoms with Crippen LogP contribution in [0.1, 0.15) is 42.9 Å². The summed E-state index contributed by atoms with van der Waals surface area (Å²) < 4.78 is 55.9. The largest absolute Gasteiger partial charge is 0.369 e. The first kappa shape index (κ1) is 20.8. The zero-order valence-electron chi connectivity index (χ0n) is 16.2. The van der Waals surface area contributed by atoms with Gasteiger partial charge >= 0.3 is 0 Å². The monoisotopic (exact) mass is 407 g/mol. The first-order valence-electron chi connectivity index (χ1n) is 9.08. The number of carbonyl (C=O) groups is 1. The van der Waals surface area contributed by atoms with E-state index in [0.29, 0.717) is 11.6 Å². The highest BCUT2D eigenvalue weighted by atomic mass is 19.3. The molecule has 0 aromatic heterocycles. The van der Waals surface area contributed by atoms with Crippen LogP contribution in [-0.2, 0) is 16.3 Å². The number of hydrogen-bond donors (Lipinski definition) is 1. The number of alkyl halides is 2. The fourth-order valence-corrected chi connectivity index (χ4v) is 3.63. The molecule has 8 heteroatoms. The first-order chi connectivity index (χ1) is 13.5. The van der Waals surface area contributed by atoms with Crippen LogP contribution < -0.4 is 5.73 Å². The Morgan fingerprint density at radius 1 is 1.17 bits per heavy atom. The molecule has 0 radical (unpaired) electrons. The fraction of sp³-hybridized carbons (Fsp3) is 0.333. The first-order valence-corrected chi connectivity index (χ1v) is 9.08. The number of aliphatic imine (C=N–C) groups is 1. The van der Waals surface area contributed by atoms with Crippen LogP contribution >= 0.6 is 0 Å². The van der Waals surface area contributed by atoms with Gasteiger partial charge in [0.2, 0.25) is 5.91 Å². The Morgan fingerprint density at radius 3 is 2.34 bits per heavy atom. The number of nitrogens with zero attached hydrogens (tertiary/aromatic N) is 2. The minimum atomic E-state index is -3.00. The van der Waals surface area contributed by atoms with Gasteiger partial charge in [-0.05, 0) is 18.6 Å². The van der Waals surface area contributed by atoms with Crippen LogP contribution in [0.25, 0.3) is 0 Å². The summed E-state index contributed by atoms with van der Waals surface area (Å²) in [4.78, 5) is 18.5. The average Bonchev–Trinajstić information content (AvgIpc) is 2.66. The molecule has 0 fully saturated rings. The van der Waals surface area contributed by atoms with Gasteiger partial charge in [0.05, 0.1) is 5.92 Å². The molecule has 4 nitrogen and oxygen atoms in total. The van der Waals surface area contributed by atoms with E-state index >= 15 is 0 Å². The quantitative estimate of drug-likeness (QED) is 0.771. The molecule has 0 spiro atoms. The molecule has 2 atom stereocenters. The topological polar surface area (TPSA) is 58.7 Å². The second kappa shape index (κ2) is 7.17. The molecule has 2 aromatic rings. The number of carbonyl (C=O) groups excluding carboxylic acids is 1. The molecule has 0 bridgehead atoms. The van der Waals surface area contributed by atoms with E-state index in [4.69, 9.17) is 5.73 Å². The molecule has 0 aliphatic carbocycles. The summed E-state index contributed by atoms with van der Waals surface area (Å²) in [6.45, 7) is 2.89. The number of guanidine groups is 1. The van der Waals surface area contributed by atoms with Gasteiger partial charge < -0.3 is 5.73 Å². The van der Waals surface area contributed by atoms with Gasteiger partial charge in [0, 0.05) is 30.7 Å². The molecular weight excluding hydrogens is 386 g/mol. The van der Waals surface area contributed by atoms with Gasteiger partial charge in [-0.2, -0.15) is 0 Å². The van der Waals surface area contributed by atoms with Crippen molar-refractivity contribution in [1.82, 2.24) is 4.90 Å². The molecule has 2 N–H and O–H groups in total. The van der Waals surface area contributed by atoms with Crippen molar-refractivity contribution in [2.24, 2.45) is 10.7 Å². The highest BCUT2D eigenvalue weighted by molar-refractivity contribution is 6.02. The summed E-state index contributed by atoms with van der Waals surface area (Å²) in [5.74, 6) is -6.27. The van der Waals surface area contributed by atoms with Crippen molar-refractivity contribution in [2.75, 3.05) is 7.05 Å². The van der Waals surface area contributed by atoms with E-state index in [0.717, 1.165) is 11.0 Å². The summed E-state index contributed by atoms with van der Waals surface area (Å²) in [6.07, 6.45) is -0.364. The van der Waals surface area contributed by atoms with Crippen LogP contribution in [0.5, 0.6) is 0 Å². The number of nitrogens with two attached hydrogens (primary N) is 1. The Hall–Kier alpha value is -2.90. The molecular formula is C21H21F4N3O. The van der Waals surface area contributed by atoms with Gasteiger partial charge in [0.1, 0.15) is 17.2 Å². The maximum atomic E-state index is 14.6. The zero-order chi connectivity index (χ0) is 21.6. The maximum absolute atomic E-state index is 14.6. The molecule has 3 rings (SSSR count). The van der Waals surface area contributed by atoms with Crippen molar-refractivity contribution in [3.63, 3.8) is 0 Å². The molecule has 1 aliphatic heterocycles. The standard InChI is InChI=1S/C21H21F4N3O/c1-4-21(24,25)13-7-5-12(6-8-13)17-18(29)28(3)19(26)27-20(17,2)15-10-9-14(22)11-16(15)23/h5-11,17H,4H2,1-3H3,(H2,26,27)/t17-,20+/m0/s1. The SMILES string of the molecule is CCC(F)(F)c1ccc([C@H]2C(=O)N(C)C(N)=N[C@]2(C)c2ccc(F)cc2F)cc1. The van der Waals surface area contributed by atoms with Gasteiger partial charge in [0.25, 0.3) is 5.92 Å². The molecule has 2 aromatic carbocycles. The fourth-order valence-electron chi connectivity index (χ4n) is 3.63. The Morgan fingerprint density at radius 2 is 1.79 bits per heavy atom. The van der Waals surface area contributed by atoms with E-state index in [9.17, 15) is 22.4 Å². The zero-order valence-corrected chi connectivity index (χ0v) is 16.2. The van der Waals surface area contributed by atoms with Crippen molar-refractivity contribution >= 4 is 11.9 Å². The van der Waals surface area contributed by atoms with Crippen LogP contribution in [-0.4, -0.2) is 23.8 Å². The predicted octanol–water partition coefficient (Wildman–Crippen LogP) is 4.25. The lowest BCUT2D eigenvalue weighted by Crippen LogP contribution is -2.52. The van der Waals surface area contributed by atoms with E-state index in [1.54, 1.807) is 0 Å². The van der Waals surface area contributed by atoms with Crippen molar-refractivity contribution in [3.8, 4) is 0 Å². The molecule has 1 aliphatic rings. The molecule has 154 valence electrons. The summed E-state index contributed by atoms with van der Waals surface area (Å²) in [6, 6.07) is 8.30. The van der Waals surface area contributed by atoms with E-state index in [1.807, 2.05) is 0 Å². The normalized spacial score (nSPS) is 22.6. The third-order valence-electron chi connectivity index (χ3n) is 5.42. The van der Waals surface area contributed by atoms with Crippen molar-refractivity contribution < 1.29 is 22.4 Å². The maximum Gasteiger partial charge on any atom is 0.273 e. The molecule has 0 saturated carbocycles. The third kappa shape index (κ3) is 3.47. The summed E-state index contributed by atoms with van der Waals surface area (Å²) in [5, 5.41) is 0. The molecule has 29 heavy (non-hydrogen) atoms. The van der Waals surface area contributed by atoms with Crippen LogP contribution in [0.4, 0.5) is 17.6 Å². The van der Waals surface area contributed by atoms with Crippen LogP contribution in [0.3, 0.4) is 0 Å². The molecule has 1 amide bonds. The van der Waals surface area contributed by atoms with Crippen LogP contribution in [0, 0.1) is 11.6 Å². The van der Waals surface area contributed by atoms with Crippen molar-refractivity contribution in [2.45, 2.75) is 37.6 Å². The number of benzene rings is 2. The molecule has 0 unspecified atom stereocenters. The van der Waals surface area contributed by atoms with Gasteiger partial charge in [0.15, 0.2) is 5.96 Å². The van der Waals surface area contributed by atoms with E-state index in [-0.39, 0.29) is 23.5 Å². The lowest BCUT2D eigenvalue weighted by atomic mass is 9.74. The van der Waals surface area contributed by atoms with Crippen LogP contribution in [0.2, 0.25) is 0 Å². The second-order valence-electron chi connectivity index (χ2n) is 7.25. The van der Waals surface area contributed by atoms with Gasteiger partial charge in [-0.3, -0.25) is 9.69 Å². The summed E-state index contributed by atoms with van der Waals surface area (Å²) in [5.41, 5.74) is 4.55. The van der Waals surface area contributed by atoms with E-state index in [1.165, 1.54) is 51.2 Å². The van der Waals surface area contributed by atoms with Crippen molar-refractivity contribution in [1.29, 1.82) is 0 Å². The van der Waals surface area contributed by atoms with E-state index < -0.39 is 34.9 Å². The lowest BCUT2D eigenvalue weighted by Gasteiger charge is -2.41. The Balaban J connectivity index is 2.17. The average molecular weight is 407 g/mol. The van der Waals surface area contributed by atoms with Crippen molar-refractivity contribution in [3.05, 3.63) is 70.8 Å². The van der Waals surface area contributed by atoms with Crippen LogP contribution in [0.15, 0.2) is 47.5 Å². The summed E-state index contributed by atoms with van der Waals surface area (Å²) in [7, 11) is 1.42. The highest BCUT2D eigenvalue weighted by Gasteiger charge is 2.48. The number of likely N-dealkylation sites (N-methyl/N-ethyl adjacent to an activating group) is 1. The van der Waals surface area contributed by atoms with Gasteiger partial charge in [-0.15, -0.1) is 0 Å². The summed E-state index contributed by atoms with van der Waals surface area (Å²) >= 11 is 0. The highest BCUT2D eigenvalue weighted by Crippen LogP contribution is 2.45. The van der Waals surface area contributed by atoms with E-state index in [2.05, 4.69) is 4.99 Å². The Kier molecular flexibility index (Phi) is 5.15. The Bertz CT molecular complexity index is 974. The van der Waals surface area contributed by atoms with Gasteiger partial charge in [-0.25, -0.2) is 22.6 Å². The smallest absolute Gasteiger partial charge is 0.273 e. The number of halogens is 4. The number of rotatable bonds is 4. The minimum absolute atomic E-state index is 0.0173. The second-order valence-corrected chi connectivity index (χ2v) is 7.25. The number of hydrogen-bond acceptors (Lipinski definition) is 3. The molecule has 0 saturated heterocycles. The predicted molar refractivity (Wildman–Crippen MR) is 101 cm³/mol. The minimum Gasteiger partial charge on any atom is -0.369 e. The molecule has 1 heterocycles. The van der Waals surface area contributed by atoms with Gasteiger partial charge in [-0.1, -0.05) is 37.3 Å². The Labute approximate surface area is 166 Å². The third-order valence-corrected chi connectivity index (χ3v) is 5.42. The lowest BCUT2D eigenvalue weighted by molar-refractivity contribution is -0.130. The number of amides is 1.